The summed E-state index contributed by atoms with van der Waals surface area (Å²) < 4.78 is 5.53. The quantitative estimate of drug-likeness (QED) is 0.343. The highest BCUT2D eigenvalue weighted by Gasteiger charge is 2.29. The summed E-state index contributed by atoms with van der Waals surface area (Å²) in [6, 6.07) is -0.907. The Kier molecular flexibility index (Phi) is 9.57. The van der Waals surface area contributed by atoms with Gasteiger partial charge >= 0.3 is 11.9 Å². The number of carboxylic acids is 1. The first-order valence-electron chi connectivity index (χ1n) is 10.0. The Labute approximate surface area is 176 Å². The number of H-pyrrole nitrogens is 1. The van der Waals surface area contributed by atoms with Gasteiger partial charge in [-0.3, -0.25) is 19.4 Å². The number of carbonyl (C=O) groups is 2. The molecule has 1 aliphatic heterocycles. The van der Waals surface area contributed by atoms with Gasteiger partial charge in [-0.2, -0.15) is 4.98 Å². The van der Waals surface area contributed by atoms with E-state index in [0.717, 1.165) is 0 Å². The molecule has 170 valence electrons. The number of ether oxygens (including phenoxy) is 1. The summed E-state index contributed by atoms with van der Waals surface area (Å²) in [4.78, 5) is 40.3. The van der Waals surface area contributed by atoms with E-state index in [-0.39, 0.29) is 41.5 Å². The van der Waals surface area contributed by atoms with E-state index in [1.807, 2.05) is 20.8 Å². The molecule has 0 fully saturated rings. The van der Waals surface area contributed by atoms with Gasteiger partial charge in [-0.15, -0.1) is 0 Å². The summed E-state index contributed by atoms with van der Waals surface area (Å²) in [7, 11) is 0. The van der Waals surface area contributed by atoms with Crippen LogP contribution < -0.4 is 27.7 Å². The molecule has 30 heavy (non-hydrogen) atoms. The summed E-state index contributed by atoms with van der Waals surface area (Å²) in [5.74, 6) is -0.405. The van der Waals surface area contributed by atoms with Gasteiger partial charge in [-0.05, 0) is 18.3 Å². The summed E-state index contributed by atoms with van der Waals surface area (Å²) in [5, 5.41) is 14.4. The van der Waals surface area contributed by atoms with Crippen molar-refractivity contribution in [2.45, 2.75) is 65.6 Å². The fourth-order valence-electron chi connectivity index (χ4n) is 2.71. The van der Waals surface area contributed by atoms with Crippen LogP contribution in [0.4, 0.5) is 17.5 Å². The molecule has 0 saturated heterocycles. The number of anilines is 3. The number of nitrogens with two attached hydrogens (primary N) is 2. The molecular weight excluding hydrogens is 392 g/mol. The molecule has 1 aromatic rings. The molecule has 0 bridgehead atoms. The molecule has 1 aromatic heterocycles. The van der Waals surface area contributed by atoms with Crippen LogP contribution in [-0.2, 0) is 14.3 Å². The van der Waals surface area contributed by atoms with Crippen LogP contribution in [0.2, 0.25) is 0 Å². The van der Waals surface area contributed by atoms with Crippen LogP contribution in [0, 0.1) is 11.8 Å². The van der Waals surface area contributed by atoms with Crippen molar-refractivity contribution in [3.8, 4) is 0 Å². The van der Waals surface area contributed by atoms with Gasteiger partial charge in [0.05, 0.1) is 6.04 Å². The predicted octanol–water partition coefficient (Wildman–Crippen LogP) is 0.980. The number of aliphatic carboxylic acids is 1. The fourth-order valence-corrected chi connectivity index (χ4v) is 2.71. The Morgan fingerprint density at radius 1 is 1.30 bits per heavy atom. The fraction of sp³-hybridized carbons (Fsp3) is 0.684. The number of nitrogen functional groups attached to an aromatic ring is 1. The third-order valence-corrected chi connectivity index (χ3v) is 4.47. The topological polar surface area (TPSA) is 185 Å². The molecule has 11 heteroatoms. The van der Waals surface area contributed by atoms with Crippen LogP contribution in [0.3, 0.4) is 0 Å². The van der Waals surface area contributed by atoms with Crippen LogP contribution in [-0.4, -0.2) is 51.7 Å². The molecular formula is C19H34N6O5. The second-order valence-corrected chi connectivity index (χ2v) is 7.95. The average molecular weight is 427 g/mol. The first-order chi connectivity index (χ1) is 14.0. The van der Waals surface area contributed by atoms with Crippen LogP contribution in [0.1, 0.15) is 47.5 Å². The van der Waals surface area contributed by atoms with Crippen molar-refractivity contribution >= 4 is 29.4 Å². The number of hydrogen-bond acceptors (Lipinski definition) is 9. The van der Waals surface area contributed by atoms with Crippen molar-refractivity contribution in [2.75, 3.05) is 22.9 Å². The summed E-state index contributed by atoms with van der Waals surface area (Å²) >= 11 is 0. The zero-order chi connectivity index (χ0) is 23.0. The van der Waals surface area contributed by atoms with E-state index in [1.54, 1.807) is 13.8 Å². The SMILES string of the molecule is CC(C)C(N)C(=O)O.CCC(OC(=O)CC(C)C)C1CNc2nc(N)[nH]c(=O)c2N1. The normalized spacial score (nSPS) is 17.0. The van der Waals surface area contributed by atoms with Gasteiger partial charge in [0.2, 0.25) is 5.95 Å². The van der Waals surface area contributed by atoms with Gasteiger partial charge in [0.1, 0.15) is 17.8 Å². The lowest BCUT2D eigenvalue weighted by Crippen LogP contribution is -2.46. The molecule has 0 aromatic carbocycles. The molecule has 0 saturated carbocycles. The number of nitrogens with one attached hydrogen (secondary N) is 3. The Morgan fingerprint density at radius 2 is 1.93 bits per heavy atom. The maximum absolute atomic E-state index is 11.9. The lowest BCUT2D eigenvalue weighted by Gasteiger charge is -2.32. The number of esters is 1. The van der Waals surface area contributed by atoms with Crippen molar-refractivity contribution in [3.05, 3.63) is 10.4 Å². The van der Waals surface area contributed by atoms with Crippen molar-refractivity contribution in [1.82, 2.24) is 9.97 Å². The largest absolute Gasteiger partial charge is 0.480 e. The van der Waals surface area contributed by atoms with Crippen molar-refractivity contribution in [1.29, 1.82) is 0 Å². The molecule has 0 spiro atoms. The molecule has 11 nitrogen and oxygen atoms in total. The molecule has 3 unspecified atom stereocenters. The van der Waals surface area contributed by atoms with E-state index < -0.39 is 12.0 Å². The first-order valence-corrected chi connectivity index (χ1v) is 10.0. The van der Waals surface area contributed by atoms with Crippen LogP contribution >= 0.6 is 0 Å². The Hall–Kier alpha value is -2.82. The minimum Gasteiger partial charge on any atom is -0.480 e. The maximum atomic E-state index is 11.9. The number of aromatic nitrogens is 2. The molecule has 0 amide bonds. The van der Waals surface area contributed by atoms with Gasteiger partial charge in [0, 0.05) is 13.0 Å². The van der Waals surface area contributed by atoms with Gasteiger partial charge in [-0.25, -0.2) is 0 Å². The number of carbonyl (C=O) groups excluding carboxylic acids is 1. The average Bonchev–Trinajstić information content (AvgIpc) is 2.65. The number of hydrogen-bond donors (Lipinski definition) is 6. The smallest absolute Gasteiger partial charge is 0.320 e. The van der Waals surface area contributed by atoms with Crippen molar-refractivity contribution in [2.24, 2.45) is 17.6 Å². The molecule has 0 aliphatic carbocycles. The highest BCUT2D eigenvalue weighted by molar-refractivity contribution is 5.73. The molecule has 2 rings (SSSR count). The van der Waals surface area contributed by atoms with E-state index in [0.29, 0.717) is 30.9 Å². The minimum atomic E-state index is -0.931. The standard InChI is InChI=1S/C14H23N5O3.C5H11NO2/c1-4-9(22-10(20)5-7(2)3)8-6-16-12-11(17-8)13(21)19-14(15)18-12;1-3(2)4(6)5(7)8/h7-9,17H,4-6H2,1-3H3,(H4,15,16,18,19,21);3-4H,6H2,1-2H3,(H,7,8). The zero-order valence-corrected chi connectivity index (χ0v) is 18.2. The maximum Gasteiger partial charge on any atom is 0.320 e. The van der Waals surface area contributed by atoms with E-state index in [2.05, 4.69) is 20.6 Å². The third-order valence-electron chi connectivity index (χ3n) is 4.47. The molecule has 3 atom stereocenters. The van der Waals surface area contributed by atoms with E-state index in [4.69, 9.17) is 21.3 Å². The van der Waals surface area contributed by atoms with Crippen LogP contribution in [0.5, 0.6) is 0 Å². The minimum absolute atomic E-state index is 0.0208. The number of fused-ring (bicyclic) bond motifs is 1. The summed E-state index contributed by atoms with van der Waals surface area (Å²) in [6.45, 7) is 9.92. The number of carboxylic acid groups (broad SMARTS) is 1. The molecule has 8 N–H and O–H groups in total. The monoisotopic (exact) mass is 426 g/mol. The zero-order valence-electron chi connectivity index (χ0n) is 18.2. The van der Waals surface area contributed by atoms with E-state index >= 15 is 0 Å². The number of rotatable bonds is 7. The van der Waals surface area contributed by atoms with E-state index in [1.165, 1.54) is 0 Å². The lowest BCUT2D eigenvalue weighted by atomic mass is 10.1. The summed E-state index contributed by atoms with van der Waals surface area (Å²) in [5.41, 5.74) is 10.7. The predicted molar refractivity (Wildman–Crippen MR) is 115 cm³/mol. The van der Waals surface area contributed by atoms with Crippen LogP contribution in [0.25, 0.3) is 0 Å². The second-order valence-electron chi connectivity index (χ2n) is 7.95. The van der Waals surface area contributed by atoms with Crippen LogP contribution in [0.15, 0.2) is 4.79 Å². The molecule has 1 aliphatic rings. The Bertz CT molecular complexity index is 779. The van der Waals surface area contributed by atoms with Crippen molar-refractivity contribution in [3.63, 3.8) is 0 Å². The molecule has 0 radical (unpaired) electrons. The third kappa shape index (κ3) is 7.54. The Balaban J connectivity index is 0.000000479. The van der Waals surface area contributed by atoms with Gasteiger partial charge in [-0.1, -0.05) is 34.6 Å². The van der Waals surface area contributed by atoms with Gasteiger partial charge in [0.15, 0.2) is 5.82 Å². The molecule has 2 heterocycles. The number of aromatic amines is 1. The van der Waals surface area contributed by atoms with E-state index in [9.17, 15) is 14.4 Å². The Morgan fingerprint density at radius 3 is 2.40 bits per heavy atom. The van der Waals surface area contributed by atoms with Crippen molar-refractivity contribution < 1.29 is 19.4 Å². The van der Waals surface area contributed by atoms with Gasteiger partial charge in [0.25, 0.3) is 5.56 Å². The lowest BCUT2D eigenvalue weighted by molar-refractivity contribution is -0.150. The second kappa shape index (κ2) is 11.4. The highest BCUT2D eigenvalue weighted by Crippen LogP contribution is 2.23. The first kappa shape index (κ1) is 25.2. The van der Waals surface area contributed by atoms with Gasteiger partial charge < -0.3 is 31.9 Å². The summed E-state index contributed by atoms with van der Waals surface area (Å²) in [6.07, 6.45) is 0.717. The highest BCUT2D eigenvalue weighted by atomic mass is 16.5. The number of nitrogens with zero attached hydrogens (tertiary/aromatic N) is 1.